The summed E-state index contributed by atoms with van der Waals surface area (Å²) < 4.78 is 0. The van der Waals surface area contributed by atoms with Gasteiger partial charge in [-0.25, -0.2) is 0 Å². The summed E-state index contributed by atoms with van der Waals surface area (Å²) in [6.45, 7) is 4.88. The molecule has 1 aliphatic rings. The third kappa shape index (κ3) is 7.53. The van der Waals surface area contributed by atoms with Gasteiger partial charge in [0.05, 0.1) is 0 Å². The minimum Gasteiger partial charge on any atom is -0.361 e. The topological polar surface area (TPSA) is 81.3 Å². The first kappa shape index (κ1) is 23.5. The minimum absolute atomic E-state index is 0. The number of amides is 1. The predicted molar refractivity (Wildman–Crippen MR) is 131 cm³/mol. The molecule has 1 fully saturated rings. The molecule has 0 unspecified atom stereocenters. The van der Waals surface area contributed by atoms with Crippen LogP contribution in [0.1, 0.15) is 44.6 Å². The second-order valence-corrected chi connectivity index (χ2v) is 7.50. The van der Waals surface area contributed by atoms with Crippen molar-refractivity contribution in [2.24, 2.45) is 10.9 Å². The molecule has 7 heteroatoms. The van der Waals surface area contributed by atoms with E-state index in [0.717, 1.165) is 18.9 Å². The van der Waals surface area contributed by atoms with Crippen molar-refractivity contribution in [2.45, 2.75) is 45.4 Å². The van der Waals surface area contributed by atoms with Crippen LogP contribution in [0.4, 0.5) is 0 Å². The lowest BCUT2D eigenvalue weighted by atomic mass is 10.0. The molecule has 6 nitrogen and oxygen atoms in total. The number of aliphatic imine (C=N–C) groups is 1. The van der Waals surface area contributed by atoms with E-state index < -0.39 is 0 Å². The number of carbonyl (C=O) groups is 1. The standard InChI is InChI=1S/C22H33N5O.HI/c1-2-23-22(26-14-13-24-21(28)15-17-7-3-4-8-17)25-12-11-18-16-27-20-10-6-5-9-19(18)20;/h5-6,9-10,16-17,27H,2-4,7-8,11-15H2,1H3,(H,24,28)(H2,23,25,26);1H. The van der Waals surface area contributed by atoms with Crippen molar-refractivity contribution >= 4 is 46.7 Å². The van der Waals surface area contributed by atoms with Crippen LogP contribution in [-0.4, -0.2) is 43.0 Å². The Balaban J connectivity index is 0.00000300. The summed E-state index contributed by atoms with van der Waals surface area (Å²) in [5.74, 6) is 1.57. The fraction of sp³-hybridized carbons (Fsp3) is 0.545. The molecule has 1 aromatic heterocycles. The van der Waals surface area contributed by atoms with E-state index in [1.54, 1.807) is 0 Å². The number of hydrogen-bond donors (Lipinski definition) is 4. The molecule has 160 valence electrons. The summed E-state index contributed by atoms with van der Waals surface area (Å²) in [4.78, 5) is 20.0. The van der Waals surface area contributed by atoms with Gasteiger partial charge in [0, 0.05) is 49.7 Å². The highest BCUT2D eigenvalue weighted by Gasteiger charge is 2.17. The average Bonchev–Trinajstić information content (AvgIpc) is 3.35. The lowest BCUT2D eigenvalue weighted by Crippen LogP contribution is -2.41. The van der Waals surface area contributed by atoms with Gasteiger partial charge >= 0.3 is 0 Å². The van der Waals surface area contributed by atoms with E-state index in [-0.39, 0.29) is 29.9 Å². The molecule has 3 rings (SSSR count). The zero-order valence-corrected chi connectivity index (χ0v) is 19.6. The van der Waals surface area contributed by atoms with Gasteiger partial charge < -0.3 is 20.9 Å². The number of para-hydroxylation sites is 1. The molecule has 0 radical (unpaired) electrons. The molecule has 0 bridgehead atoms. The summed E-state index contributed by atoms with van der Waals surface area (Å²) in [7, 11) is 0. The summed E-state index contributed by atoms with van der Waals surface area (Å²) in [6.07, 6.45) is 8.61. The first-order valence-electron chi connectivity index (χ1n) is 10.6. The highest BCUT2D eigenvalue weighted by Crippen LogP contribution is 2.27. The van der Waals surface area contributed by atoms with Gasteiger partial charge in [0.1, 0.15) is 0 Å². The summed E-state index contributed by atoms with van der Waals surface area (Å²) in [5.41, 5.74) is 2.45. The number of hydrogen-bond acceptors (Lipinski definition) is 2. The molecule has 1 aliphatic carbocycles. The largest absolute Gasteiger partial charge is 0.361 e. The van der Waals surface area contributed by atoms with E-state index in [1.165, 1.54) is 42.1 Å². The maximum absolute atomic E-state index is 12.0. The number of carbonyl (C=O) groups excluding carboxylic acids is 1. The lowest BCUT2D eigenvalue weighted by molar-refractivity contribution is -0.121. The molecule has 1 amide bonds. The van der Waals surface area contributed by atoms with Gasteiger partial charge in [-0.05, 0) is 43.7 Å². The fourth-order valence-electron chi connectivity index (χ4n) is 3.90. The van der Waals surface area contributed by atoms with E-state index in [9.17, 15) is 4.79 Å². The summed E-state index contributed by atoms with van der Waals surface area (Å²) in [5, 5.41) is 10.9. The van der Waals surface area contributed by atoms with E-state index in [0.29, 0.717) is 32.0 Å². The second kappa shape index (κ2) is 12.7. The van der Waals surface area contributed by atoms with Crippen molar-refractivity contribution in [2.75, 3.05) is 26.2 Å². The molecule has 4 N–H and O–H groups in total. The quantitative estimate of drug-likeness (QED) is 0.180. The van der Waals surface area contributed by atoms with Gasteiger partial charge in [0.2, 0.25) is 5.91 Å². The summed E-state index contributed by atoms with van der Waals surface area (Å²) in [6, 6.07) is 8.34. The molecule has 0 spiro atoms. The Hall–Kier alpha value is -1.77. The lowest BCUT2D eigenvalue weighted by Gasteiger charge is -2.13. The van der Waals surface area contributed by atoms with Crippen molar-refractivity contribution in [1.82, 2.24) is 20.9 Å². The van der Waals surface area contributed by atoms with Gasteiger partial charge in [0.15, 0.2) is 5.96 Å². The maximum atomic E-state index is 12.0. The van der Waals surface area contributed by atoms with Crippen molar-refractivity contribution in [3.8, 4) is 0 Å². The van der Waals surface area contributed by atoms with E-state index in [1.807, 2.05) is 6.07 Å². The van der Waals surface area contributed by atoms with Crippen molar-refractivity contribution in [3.63, 3.8) is 0 Å². The maximum Gasteiger partial charge on any atom is 0.220 e. The molecule has 1 saturated carbocycles. The highest BCUT2D eigenvalue weighted by molar-refractivity contribution is 14.0. The van der Waals surface area contributed by atoms with Crippen LogP contribution >= 0.6 is 24.0 Å². The fourth-order valence-corrected chi connectivity index (χ4v) is 3.90. The third-order valence-corrected chi connectivity index (χ3v) is 5.36. The minimum atomic E-state index is 0. The Labute approximate surface area is 190 Å². The van der Waals surface area contributed by atoms with Crippen LogP contribution in [-0.2, 0) is 11.2 Å². The number of fused-ring (bicyclic) bond motifs is 1. The molecule has 1 aromatic carbocycles. The Morgan fingerprint density at radius 2 is 1.90 bits per heavy atom. The van der Waals surface area contributed by atoms with Crippen LogP contribution < -0.4 is 16.0 Å². The molecule has 0 aliphatic heterocycles. The molecule has 0 atom stereocenters. The van der Waals surface area contributed by atoms with Crippen LogP contribution in [0.15, 0.2) is 35.5 Å². The highest BCUT2D eigenvalue weighted by atomic mass is 127. The van der Waals surface area contributed by atoms with Gasteiger partial charge in [-0.15, -0.1) is 24.0 Å². The van der Waals surface area contributed by atoms with Crippen LogP contribution in [0, 0.1) is 5.92 Å². The average molecular weight is 511 g/mol. The Kier molecular flexibility index (Phi) is 10.3. The number of H-pyrrole nitrogens is 1. The molecular formula is C22H34IN5O. The molecule has 29 heavy (non-hydrogen) atoms. The van der Waals surface area contributed by atoms with E-state index in [2.05, 4.69) is 57.2 Å². The SMILES string of the molecule is CCNC(=NCCc1c[nH]c2ccccc12)NCCNC(=O)CC1CCCC1.I. The van der Waals surface area contributed by atoms with Gasteiger partial charge in [0.25, 0.3) is 0 Å². The number of nitrogens with one attached hydrogen (secondary N) is 4. The molecule has 1 heterocycles. The third-order valence-electron chi connectivity index (χ3n) is 5.36. The number of nitrogens with zero attached hydrogens (tertiary/aromatic N) is 1. The van der Waals surface area contributed by atoms with Crippen LogP contribution in [0.5, 0.6) is 0 Å². The van der Waals surface area contributed by atoms with Gasteiger partial charge in [-0.1, -0.05) is 31.0 Å². The van der Waals surface area contributed by atoms with Crippen molar-refractivity contribution < 1.29 is 4.79 Å². The van der Waals surface area contributed by atoms with Crippen LogP contribution in [0.25, 0.3) is 10.9 Å². The normalized spacial score (nSPS) is 14.6. The first-order chi connectivity index (χ1) is 13.8. The van der Waals surface area contributed by atoms with E-state index >= 15 is 0 Å². The monoisotopic (exact) mass is 511 g/mol. The second-order valence-electron chi connectivity index (χ2n) is 7.50. The van der Waals surface area contributed by atoms with E-state index in [4.69, 9.17) is 0 Å². The Morgan fingerprint density at radius 1 is 1.14 bits per heavy atom. The zero-order chi connectivity index (χ0) is 19.6. The number of aromatic amines is 1. The molecule has 0 saturated heterocycles. The Bertz CT molecular complexity index is 782. The first-order valence-corrected chi connectivity index (χ1v) is 10.6. The van der Waals surface area contributed by atoms with Crippen molar-refractivity contribution in [1.29, 1.82) is 0 Å². The number of halogens is 1. The van der Waals surface area contributed by atoms with Gasteiger partial charge in [-0.2, -0.15) is 0 Å². The number of benzene rings is 1. The van der Waals surface area contributed by atoms with Crippen molar-refractivity contribution in [3.05, 3.63) is 36.0 Å². The number of aromatic nitrogens is 1. The number of rotatable bonds is 9. The Morgan fingerprint density at radius 3 is 2.69 bits per heavy atom. The predicted octanol–water partition coefficient (Wildman–Crippen LogP) is 3.58. The van der Waals surface area contributed by atoms with Gasteiger partial charge in [-0.3, -0.25) is 9.79 Å². The number of guanidine groups is 1. The smallest absolute Gasteiger partial charge is 0.220 e. The summed E-state index contributed by atoms with van der Waals surface area (Å²) >= 11 is 0. The molecular weight excluding hydrogens is 477 g/mol. The molecule has 2 aromatic rings. The van der Waals surface area contributed by atoms with Crippen LogP contribution in [0.2, 0.25) is 0 Å². The van der Waals surface area contributed by atoms with Crippen LogP contribution in [0.3, 0.4) is 0 Å². The zero-order valence-electron chi connectivity index (χ0n) is 17.3.